The van der Waals surface area contributed by atoms with Crippen molar-refractivity contribution in [2.24, 2.45) is 10.7 Å². The van der Waals surface area contributed by atoms with Crippen molar-refractivity contribution >= 4 is 6.02 Å². The summed E-state index contributed by atoms with van der Waals surface area (Å²) in [6.45, 7) is 1.54. The number of alkyl halides is 3. The van der Waals surface area contributed by atoms with Crippen molar-refractivity contribution in [3.05, 3.63) is 35.1 Å². The summed E-state index contributed by atoms with van der Waals surface area (Å²) in [7, 11) is 0. The van der Waals surface area contributed by atoms with Gasteiger partial charge in [0.15, 0.2) is 0 Å². The number of aliphatic imine (C=N–C) groups is 1. The first-order valence-corrected chi connectivity index (χ1v) is 5.08. The van der Waals surface area contributed by atoms with Crippen LogP contribution in [-0.4, -0.2) is 12.6 Å². The third kappa shape index (κ3) is 2.12. The number of rotatable bonds is 1. The molecule has 1 aliphatic rings. The van der Waals surface area contributed by atoms with Gasteiger partial charge in [-0.3, -0.25) is 0 Å². The highest BCUT2D eigenvalue weighted by Gasteiger charge is 2.37. The standard InChI is InChI=1S/C11H10F4N2O/c1-10(5-18-9(16)17-10)7-3-2-6(4-8(7)12)11(13,14)15/h2-4H,5H2,1H3,(H2,16,17). The van der Waals surface area contributed by atoms with Gasteiger partial charge in [0.05, 0.1) is 5.56 Å². The van der Waals surface area contributed by atoms with Gasteiger partial charge in [-0.1, -0.05) is 6.07 Å². The third-order valence-corrected chi connectivity index (χ3v) is 2.73. The van der Waals surface area contributed by atoms with E-state index in [2.05, 4.69) is 4.99 Å². The molecule has 2 rings (SSSR count). The fraction of sp³-hybridized carbons (Fsp3) is 0.364. The molecule has 0 fully saturated rings. The lowest BCUT2D eigenvalue weighted by atomic mass is 9.92. The summed E-state index contributed by atoms with van der Waals surface area (Å²) >= 11 is 0. The molecule has 18 heavy (non-hydrogen) atoms. The maximum Gasteiger partial charge on any atom is 0.416 e. The lowest BCUT2D eigenvalue weighted by Crippen LogP contribution is -2.23. The number of ether oxygens (including phenoxy) is 1. The van der Waals surface area contributed by atoms with E-state index < -0.39 is 23.1 Å². The zero-order valence-electron chi connectivity index (χ0n) is 9.38. The van der Waals surface area contributed by atoms with Crippen molar-refractivity contribution in [3.63, 3.8) is 0 Å². The van der Waals surface area contributed by atoms with E-state index >= 15 is 0 Å². The second kappa shape index (κ2) is 3.86. The summed E-state index contributed by atoms with van der Waals surface area (Å²) < 4.78 is 55.8. The van der Waals surface area contributed by atoms with Crippen LogP contribution in [0.4, 0.5) is 17.6 Å². The van der Waals surface area contributed by atoms with E-state index in [9.17, 15) is 17.6 Å². The van der Waals surface area contributed by atoms with Crippen LogP contribution in [0.2, 0.25) is 0 Å². The number of halogens is 4. The first kappa shape index (κ1) is 12.7. The SMILES string of the molecule is CC1(c2ccc(C(F)(F)F)cc2F)COC(N)=N1. The van der Waals surface area contributed by atoms with Crippen molar-refractivity contribution in [1.29, 1.82) is 0 Å². The van der Waals surface area contributed by atoms with E-state index in [1.54, 1.807) is 6.92 Å². The molecule has 0 aromatic heterocycles. The number of amidine groups is 1. The minimum absolute atomic E-state index is 0.00111. The molecule has 0 bridgehead atoms. The van der Waals surface area contributed by atoms with E-state index in [1.165, 1.54) is 0 Å². The summed E-state index contributed by atoms with van der Waals surface area (Å²) in [5.74, 6) is -0.977. The molecule has 1 aromatic carbocycles. The molecule has 0 saturated heterocycles. The number of nitrogens with zero attached hydrogens (tertiary/aromatic N) is 1. The Balaban J connectivity index is 2.43. The van der Waals surface area contributed by atoms with E-state index in [-0.39, 0.29) is 18.2 Å². The van der Waals surface area contributed by atoms with Gasteiger partial charge in [0.1, 0.15) is 18.0 Å². The minimum atomic E-state index is -4.57. The largest absolute Gasteiger partial charge is 0.462 e. The van der Waals surface area contributed by atoms with Gasteiger partial charge in [-0.25, -0.2) is 9.38 Å². The Kier molecular flexibility index (Phi) is 2.71. The zero-order chi connectivity index (χ0) is 13.6. The average Bonchev–Trinajstić information content (AvgIpc) is 2.58. The van der Waals surface area contributed by atoms with Crippen molar-refractivity contribution in [2.75, 3.05) is 6.61 Å². The summed E-state index contributed by atoms with van der Waals surface area (Å²) in [6, 6.07) is 2.22. The number of benzene rings is 1. The summed E-state index contributed by atoms with van der Waals surface area (Å²) in [6.07, 6.45) is -4.57. The highest BCUT2D eigenvalue weighted by atomic mass is 19.4. The van der Waals surface area contributed by atoms with Crippen LogP contribution in [0.15, 0.2) is 23.2 Å². The van der Waals surface area contributed by atoms with Gasteiger partial charge in [-0.2, -0.15) is 13.2 Å². The molecule has 1 aromatic rings. The van der Waals surface area contributed by atoms with Crippen LogP contribution in [0, 0.1) is 5.82 Å². The van der Waals surface area contributed by atoms with Crippen molar-refractivity contribution in [2.45, 2.75) is 18.6 Å². The molecule has 1 heterocycles. The zero-order valence-corrected chi connectivity index (χ0v) is 9.38. The van der Waals surface area contributed by atoms with E-state index in [0.29, 0.717) is 6.07 Å². The van der Waals surface area contributed by atoms with E-state index in [4.69, 9.17) is 10.5 Å². The molecule has 1 unspecified atom stereocenters. The van der Waals surface area contributed by atoms with Crippen molar-refractivity contribution < 1.29 is 22.3 Å². The van der Waals surface area contributed by atoms with Crippen LogP contribution in [0.25, 0.3) is 0 Å². The lowest BCUT2D eigenvalue weighted by molar-refractivity contribution is -0.137. The molecule has 0 spiro atoms. The predicted molar refractivity (Wildman–Crippen MR) is 56.3 cm³/mol. The smallest absolute Gasteiger partial charge is 0.416 e. The minimum Gasteiger partial charge on any atom is -0.462 e. The second-order valence-corrected chi connectivity index (χ2v) is 4.20. The summed E-state index contributed by atoms with van der Waals surface area (Å²) in [4.78, 5) is 3.89. The van der Waals surface area contributed by atoms with Crippen LogP contribution in [0.3, 0.4) is 0 Å². The molecule has 1 aliphatic heterocycles. The molecule has 0 amide bonds. The predicted octanol–water partition coefficient (Wildman–Crippen LogP) is 2.40. The second-order valence-electron chi connectivity index (χ2n) is 4.20. The molecule has 3 nitrogen and oxygen atoms in total. The highest BCUT2D eigenvalue weighted by molar-refractivity contribution is 5.74. The van der Waals surface area contributed by atoms with Gasteiger partial charge in [0.25, 0.3) is 6.02 Å². The lowest BCUT2D eigenvalue weighted by Gasteiger charge is -2.20. The maximum absolute atomic E-state index is 13.7. The van der Waals surface area contributed by atoms with Crippen molar-refractivity contribution in [1.82, 2.24) is 0 Å². The maximum atomic E-state index is 13.7. The number of hydrogen-bond acceptors (Lipinski definition) is 3. The summed E-state index contributed by atoms with van der Waals surface area (Å²) in [5.41, 5.74) is 3.22. The molecule has 0 saturated carbocycles. The molecule has 98 valence electrons. The molecular formula is C11H10F4N2O. The number of nitrogens with two attached hydrogens (primary N) is 1. The normalized spacial score (nSPS) is 23.7. The van der Waals surface area contributed by atoms with Gasteiger partial charge >= 0.3 is 6.18 Å². The van der Waals surface area contributed by atoms with Gasteiger partial charge in [0.2, 0.25) is 0 Å². The average molecular weight is 262 g/mol. The van der Waals surface area contributed by atoms with Crippen LogP contribution < -0.4 is 5.73 Å². The molecule has 1 atom stereocenters. The third-order valence-electron chi connectivity index (χ3n) is 2.73. The Morgan fingerprint density at radius 1 is 1.39 bits per heavy atom. The first-order chi connectivity index (χ1) is 8.22. The van der Waals surface area contributed by atoms with Crippen LogP contribution in [-0.2, 0) is 16.5 Å². The Morgan fingerprint density at radius 3 is 2.50 bits per heavy atom. The van der Waals surface area contributed by atoms with Gasteiger partial charge in [-0.05, 0) is 19.1 Å². The summed E-state index contributed by atoms with van der Waals surface area (Å²) in [5, 5.41) is 0. The topological polar surface area (TPSA) is 47.6 Å². The van der Waals surface area contributed by atoms with Crippen LogP contribution in [0.1, 0.15) is 18.1 Å². The number of hydrogen-bond donors (Lipinski definition) is 1. The highest BCUT2D eigenvalue weighted by Crippen LogP contribution is 2.35. The van der Waals surface area contributed by atoms with Crippen LogP contribution >= 0.6 is 0 Å². The van der Waals surface area contributed by atoms with Crippen LogP contribution in [0.5, 0.6) is 0 Å². The Hall–Kier alpha value is -1.79. The molecule has 0 aliphatic carbocycles. The fourth-order valence-corrected chi connectivity index (χ4v) is 1.79. The Morgan fingerprint density at radius 2 is 2.06 bits per heavy atom. The monoisotopic (exact) mass is 262 g/mol. The van der Waals surface area contributed by atoms with E-state index in [1.807, 2.05) is 0 Å². The van der Waals surface area contributed by atoms with Gasteiger partial charge < -0.3 is 10.5 Å². The molecule has 7 heteroatoms. The van der Waals surface area contributed by atoms with Crippen molar-refractivity contribution in [3.8, 4) is 0 Å². The fourth-order valence-electron chi connectivity index (χ4n) is 1.79. The Bertz CT molecular complexity index is 512. The van der Waals surface area contributed by atoms with Gasteiger partial charge in [-0.15, -0.1) is 0 Å². The molecular weight excluding hydrogens is 252 g/mol. The first-order valence-electron chi connectivity index (χ1n) is 5.08. The quantitative estimate of drug-likeness (QED) is 0.790. The van der Waals surface area contributed by atoms with E-state index in [0.717, 1.165) is 12.1 Å². The Labute approximate surface area is 100 Å². The molecule has 2 N–H and O–H groups in total. The molecule has 0 radical (unpaired) electrons. The van der Waals surface area contributed by atoms with Gasteiger partial charge in [0, 0.05) is 5.56 Å².